The molecule has 2 aliphatic rings. The third kappa shape index (κ3) is 2.23. The standard InChI is InChI=1S/C15H18N2OS/c1-3-10-7-12(8-11(4-1)17-10)18-14-5-2-6-15-13(14)9-16-19-15/h2,5-6,9-12,17H,1,3-4,7-8H2/t10-,11+,12-. The van der Waals surface area contributed by atoms with Gasteiger partial charge in [0.1, 0.15) is 11.9 Å². The second-order valence-corrected chi connectivity index (χ2v) is 6.53. The molecule has 2 saturated heterocycles. The lowest BCUT2D eigenvalue weighted by Gasteiger charge is -2.40. The summed E-state index contributed by atoms with van der Waals surface area (Å²) in [5.41, 5.74) is 0. The minimum atomic E-state index is 0.363. The number of nitrogens with zero attached hydrogens (tertiary/aromatic N) is 1. The Morgan fingerprint density at radius 3 is 2.89 bits per heavy atom. The van der Waals surface area contributed by atoms with Crippen molar-refractivity contribution in [3.63, 3.8) is 0 Å². The molecule has 0 amide bonds. The van der Waals surface area contributed by atoms with Crippen molar-refractivity contribution in [2.24, 2.45) is 0 Å². The quantitative estimate of drug-likeness (QED) is 0.912. The van der Waals surface area contributed by atoms with Gasteiger partial charge in [0.15, 0.2) is 0 Å². The molecule has 0 spiro atoms. The van der Waals surface area contributed by atoms with E-state index in [9.17, 15) is 0 Å². The fourth-order valence-corrected chi connectivity index (χ4v) is 4.12. The number of ether oxygens (including phenoxy) is 1. The summed E-state index contributed by atoms with van der Waals surface area (Å²) in [5.74, 6) is 1.01. The lowest BCUT2D eigenvalue weighted by atomic mass is 9.85. The summed E-state index contributed by atoms with van der Waals surface area (Å²) in [6, 6.07) is 7.58. The number of rotatable bonds is 2. The maximum atomic E-state index is 6.29. The number of fused-ring (bicyclic) bond motifs is 3. The summed E-state index contributed by atoms with van der Waals surface area (Å²) in [6.07, 6.45) is 8.56. The van der Waals surface area contributed by atoms with E-state index < -0.39 is 0 Å². The molecule has 2 fully saturated rings. The van der Waals surface area contributed by atoms with E-state index in [0.717, 1.165) is 24.0 Å². The minimum Gasteiger partial charge on any atom is -0.490 e. The molecule has 3 nitrogen and oxygen atoms in total. The summed E-state index contributed by atoms with van der Waals surface area (Å²) < 4.78 is 11.8. The molecule has 4 rings (SSSR count). The van der Waals surface area contributed by atoms with Crippen LogP contribution in [-0.2, 0) is 0 Å². The Kier molecular flexibility index (Phi) is 2.93. The topological polar surface area (TPSA) is 34.1 Å². The molecule has 3 atom stereocenters. The van der Waals surface area contributed by atoms with Crippen molar-refractivity contribution >= 4 is 21.6 Å². The zero-order chi connectivity index (χ0) is 12.7. The van der Waals surface area contributed by atoms with Gasteiger partial charge in [-0.3, -0.25) is 0 Å². The van der Waals surface area contributed by atoms with Gasteiger partial charge in [-0.05, 0) is 49.3 Å². The molecular formula is C15H18N2OS. The van der Waals surface area contributed by atoms with Gasteiger partial charge in [-0.1, -0.05) is 12.5 Å². The first-order chi connectivity index (χ1) is 9.38. The Hall–Kier alpha value is -1.13. The summed E-state index contributed by atoms with van der Waals surface area (Å²) in [5, 5.41) is 4.87. The van der Waals surface area contributed by atoms with Gasteiger partial charge in [-0.15, -0.1) is 0 Å². The van der Waals surface area contributed by atoms with Gasteiger partial charge in [0.25, 0.3) is 0 Å². The van der Waals surface area contributed by atoms with Crippen molar-refractivity contribution in [1.82, 2.24) is 9.69 Å². The zero-order valence-electron chi connectivity index (χ0n) is 10.8. The highest BCUT2D eigenvalue weighted by Gasteiger charge is 2.32. The van der Waals surface area contributed by atoms with E-state index in [1.165, 1.54) is 35.5 Å². The van der Waals surface area contributed by atoms with Gasteiger partial charge >= 0.3 is 0 Å². The molecule has 1 aromatic heterocycles. The van der Waals surface area contributed by atoms with Crippen LogP contribution in [0.5, 0.6) is 5.75 Å². The zero-order valence-corrected chi connectivity index (χ0v) is 11.7. The lowest BCUT2D eigenvalue weighted by Crippen LogP contribution is -2.51. The van der Waals surface area contributed by atoms with E-state index in [4.69, 9.17) is 4.74 Å². The maximum absolute atomic E-state index is 6.29. The average Bonchev–Trinajstić information content (AvgIpc) is 2.88. The number of piperidine rings is 2. The molecule has 1 aromatic carbocycles. The van der Waals surface area contributed by atoms with Crippen LogP contribution in [0.1, 0.15) is 32.1 Å². The number of nitrogens with one attached hydrogen (secondary N) is 1. The van der Waals surface area contributed by atoms with Crippen molar-refractivity contribution in [2.45, 2.75) is 50.3 Å². The van der Waals surface area contributed by atoms with Crippen LogP contribution < -0.4 is 10.1 Å². The molecule has 2 aliphatic heterocycles. The van der Waals surface area contributed by atoms with Crippen molar-refractivity contribution in [1.29, 1.82) is 0 Å². The van der Waals surface area contributed by atoms with E-state index in [-0.39, 0.29) is 0 Å². The molecule has 4 heteroatoms. The Bertz CT molecular complexity index is 570. The van der Waals surface area contributed by atoms with Crippen LogP contribution in [0.4, 0.5) is 0 Å². The Morgan fingerprint density at radius 2 is 2.05 bits per heavy atom. The van der Waals surface area contributed by atoms with Gasteiger partial charge in [0, 0.05) is 12.1 Å². The summed E-state index contributed by atoms with van der Waals surface area (Å²) >= 11 is 1.54. The predicted molar refractivity (Wildman–Crippen MR) is 77.8 cm³/mol. The molecule has 3 heterocycles. The fraction of sp³-hybridized carbons (Fsp3) is 0.533. The molecule has 0 aliphatic carbocycles. The molecule has 0 unspecified atom stereocenters. The molecule has 19 heavy (non-hydrogen) atoms. The van der Waals surface area contributed by atoms with Crippen molar-refractivity contribution in [3.05, 3.63) is 24.4 Å². The van der Waals surface area contributed by atoms with E-state index in [0.29, 0.717) is 18.2 Å². The highest BCUT2D eigenvalue weighted by molar-refractivity contribution is 7.13. The molecule has 100 valence electrons. The smallest absolute Gasteiger partial charge is 0.130 e. The van der Waals surface area contributed by atoms with Crippen molar-refractivity contribution < 1.29 is 4.74 Å². The van der Waals surface area contributed by atoms with Gasteiger partial charge < -0.3 is 10.1 Å². The molecule has 2 bridgehead atoms. The van der Waals surface area contributed by atoms with Gasteiger partial charge in [-0.2, -0.15) is 4.37 Å². The average molecular weight is 274 g/mol. The van der Waals surface area contributed by atoms with Crippen LogP contribution in [0.2, 0.25) is 0 Å². The van der Waals surface area contributed by atoms with Crippen molar-refractivity contribution in [3.8, 4) is 5.75 Å². The summed E-state index contributed by atoms with van der Waals surface area (Å²) in [4.78, 5) is 0. The van der Waals surface area contributed by atoms with E-state index in [1.807, 2.05) is 6.20 Å². The largest absolute Gasteiger partial charge is 0.490 e. The highest BCUT2D eigenvalue weighted by Crippen LogP contribution is 2.32. The number of hydrogen-bond donors (Lipinski definition) is 1. The second kappa shape index (κ2) is 4.76. The molecule has 1 N–H and O–H groups in total. The molecule has 0 radical (unpaired) electrons. The van der Waals surface area contributed by atoms with Crippen LogP contribution in [0.3, 0.4) is 0 Å². The van der Waals surface area contributed by atoms with Crippen molar-refractivity contribution in [2.75, 3.05) is 0 Å². The van der Waals surface area contributed by atoms with E-state index in [2.05, 4.69) is 27.9 Å². The number of benzene rings is 1. The molecular weight excluding hydrogens is 256 g/mol. The Labute approximate surface area is 117 Å². The van der Waals surface area contributed by atoms with Crippen LogP contribution in [0.25, 0.3) is 10.1 Å². The monoisotopic (exact) mass is 274 g/mol. The van der Waals surface area contributed by atoms with E-state index in [1.54, 1.807) is 0 Å². The predicted octanol–water partition coefficient (Wildman–Crippen LogP) is 3.35. The van der Waals surface area contributed by atoms with Crippen LogP contribution >= 0.6 is 11.5 Å². The first-order valence-electron chi connectivity index (χ1n) is 7.14. The van der Waals surface area contributed by atoms with Gasteiger partial charge in [-0.25, -0.2) is 0 Å². The SMILES string of the molecule is c1cc(O[C@@H]2C[C@H]3CCC[C@@H](C2)N3)c2cnsc2c1. The first kappa shape index (κ1) is 11.7. The second-order valence-electron chi connectivity index (χ2n) is 5.70. The normalized spacial score (nSPS) is 30.4. The van der Waals surface area contributed by atoms with Gasteiger partial charge in [0.05, 0.1) is 16.3 Å². The van der Waals surface area contributed by atoms with E-state index >= 15 is 0 Å². The summed E-state index contributed by atoms with van der Waals surface area (Å²) in [6.45, 7) is 0. The number of hydrogen-bond acceptors (Lipinski definition) is 4. The third-order valence-electron chi connectivity index (χ3n) is 4.32. The lowest BCUT2D eigenvalue weighted by molar-refractivity contribution is 0.0940. The Balaban J connectivity index is 1.56. The summed E-state index contributed by atoms with van der Waals surface area (Å²) in [7, 11) is 0. The van der Waals surface area contributed by atoms with Crippen LogP contribution in [0, 0.1) is 0 Å². The Morgan fingerprint density at radius 1 is 1.21 bits per heavy atom. The van der Waals surface area contributed by atoms with Gasteiger partial charge in [0.2, 0.25) is 0 Å². The maximum Gasteiger partial charge on any atom is 0.130 e. The third-order valence-corrected chi connectivity index (χ3v) is 5.09. The highest BCUT2D eigenvalue weighted by atomic mass is 32.1. The fourth-order valence-electron chi connectivity index (χ4n) is 3.46. The number of aromatic nitrogens is 1. The van der Waals surface area contributed by atoms with Crippen LogP contribution in [0.15, 0.2) is 24.4 Å². The molecule has 0 saturated carbocycles. The minimum absolute atomic E-state index is 0.363. The van der Waals surface area contributed by atoms with Crippen LogP contribution in [-0.4, -0.2) is 22.6 Å². The molecule has 2 aromatic rings. The first-order valence-corrected chi connectivity index (χ1v) is 7.92.